The molecule has 0 aliphatic carbocycles. The first-order valence-electron chi connectivity index (χ1n) is 6.05. The Kier molecular flexibility index (Phi) is 5.49. The predicted octanol–water partition coefficient (Wildman–Crippen LogP) is 2.44. The first-order valence-corrected chi connectivity index (χ1v) is 6.05. The number of nitrogens with one attached hydrogen (secondary N) is 1. The van der Waals surface area contributed by atoms with E-state index in [0.717, 1.165) is 31.6 Å². The Balaban J connectivity index is 2.17. The molecule has 1 rings (SSSR count). The molecule has 1 heterocycles. The summed E-state index contributed by atoms with van der Waals surface area (Å²) in [7, 11) is 0. The van der Waals surface area contributed by atoms with Gasteiger partial charge in [0, 0.05) is 12.6 Å². The van der Waals surface area contributed by atoms with Gasteiger partial charge in [-0.3, -0.25) is 0 Å². The maximum absolute atomic E-state index is 5.43. The van der Waals surface area contributed by atoms with Crippen LogP contribution in [0.4, 0.5) is 0 Å². The standard InChI is InChI=1S/C12H25NO/c1-4-12(11-6-8-14-9-11)13-7-5-10(2)3/h10-13H,4-9H2,1-3H3. The number of hydrogen-bond acceptors (Lipinski definition) is 2. The van der Waals surface area contributed by atoms with Crippen molar-refractivity contribution >= 4 is 0 Å². The molecule has 2 unspecified atom stereocenters. The second kappa shape index (κ2) is 6.41. The van der Waals surface area contributed by atoms with E-state index in [2.05, 4.69) is 26.1 Å². The van der Waals surface area contributed by atoms with Gasteiger partial charge in [-0.15, -0.1) is 0 Å². The minimum Gasteiger partial charge on any atom is -0.381 e. The molecule has 0 radical (unpaired) electrons. The summed E-state index contributed by atoms with van der Waals surface area (Å²) >= 11 is 0. The fourth-order valence-electron chi connectivity index (χ4n) is 2.07. The molecule has 2 nitrogen and oxygen atoms in total. The number of hydrogen-bond donors (Lipinski definition) is 1. The maximum atomic E-state index is 5.43. The third-order valence-electron chi connectivity index (χ3n) is 3.10. The minimum atomic E-state index is 0.677. The zero-order chi connectivity index (χ0) is 10.4. The lowest BCUT2D eigenvalue weighted by molar-refractivity contribution is 0.175. The second-order valence-corrected chi connectivity index (χ2v) is 4.78. The van der Waals surface area contributed by atoms with Crippen LogP contribution >= 0.6 is 0 Å². The normalized spacial score (nSPS) is 24.4. The van der Waals surface area contributed by atoms with Crippen LogP contribution < -0.4 is 5.32 Å². The van der Waals surface area contributed by atoms with Crippen LogP contribution in [-0.4, -0.2) is 25.8 Å². The summed E-state index contributed by atoms with van der Waals surface area (Å²) in [6.45, 7) is 9.92. The summed E-state index contributed by atoms with van der Waals surface area (Å²) < 4.78 is 5.43. The monoisotopic (exact) mass is 199 g/mol. The molecule has 2 atom stereocenters. The van der Waals surface area contributed by atoms with Gasteiger partial charge in [0.2, 0.25) is 0 Å². The van der Waals surface area contributed by atoms with Gasteiger partial charge in [0.15, 0.2) is 0 Å². The molecule has 0 aromatic rings. The average molecular weight is 199 g/mol. The lowest BCUT2D eigenvalue weighted by Crippen LogP contribution is -2.37. The highest BCUT2D eigenvalue weighted by Crippen LogP contribution is 2.18. The van der Waals surface area contributed by atoms with Gasteiger partial charge in [0.25, 0.3) is 0 Å². The maximum Gasteiger partial charge on any atom is 0.0509 e. The quantitative estimate of drug-likeness (QED) is 0.709. The molecule has 1 fully saturated rings. The van der Waals surface area contributed by atoms with Gasteiger partial charge in [-0.25, -0.2) is 0 Å². The third-order valence-corrected chi connectivity index (χ3v) is 3.10. The Morgan fingerprint density at radius 1 is 1.43 bits per heavy atom. The fourth-order valence-corrected chi connectivity index (χ4v) is 2.07. The smallest absolute Gasteiger partial charge is 0.0509 e. The van der Waals surface area contributed by atoms with Crippen LogP contribution in [0.25, 0.3) is 0 Å². The van der Waals surface area contributed by atoms with E-state index in [1.54, 1.807) is 0 Å². The lowest BCUT2D eigenvalue weighted by Gasteiger charge is -2.22. The lowest BCUT2D eigenvalue weighted by atomic mass is 9.96. The van der Waals surface area contributed by atoms with Crippen LogP contribution in [0.3, 0.4) is 0 Å². The summed E-state index contributed by atoms with van der Waals surface area (Å²) in [5, 5.41) is 3.66. The van der Waals surface area contributed by atoms with Gasteiger partial charge in [0.1, 0.15) is 0 Å². The van der Waals surface area contributed by atoms with Gasteiger partial charge in [-0.2, -0.15) is 0 Å². The van der Waals surface area contributed by atoms with E-state index in [1.807, 2.05) is 0 Å². The van der Waals surface area contributed by atoms with Crippen molar-refractivity contribution < 1.29 is 4.74 Å². The van der Waals surface area contributed by atoms with Gasteiger partial charge in [-0.1, -0.05) is 20.8 Å². The highest BCUT2D eigenvalue weighted by Gasteiger charge is 2.23. The predicted molar refractivity (Wildman–Crippen MR) is 60.5 cm³/mol. The first-order chi connectivity index (χ1) is 6.74. The van der Waals surface area contributed by atoms with Gasteiger partial charge in [0.05, 0.1) is 6.61 Å². The average Bonchev–Trinajstić information content (AvgIpc) is 2.64. The summed E-state index contributed by atoms with van der Waals surface area (Å²) in [5.74, 6) is 1.56. The molecule has 1 N–H and O–H groups in total. The Morgan fingerprint density at radius 3 is 2.71 bits per heavy atom. The molecule has 0 aromatic heterocycles. The topological polar surface area (TPSA) is 21.3 Å². The summed E-state index contributed by atoms with van der Waals surface area (Å²) in [4.78, 5) is 0. The molecule has 1 saturated heterocycles. The van der Waals surface area contributed by atoms with Crippen molar-refractivity contribution in [1.29, 1.82) is 0 Å². The minimum absolute atomic E-state index is 0.677. The van der Waals surface area contributed by atoms with Crippen molar-refractivity contribution in [3.8, 4) is 0 Å². The zero-order valence-corrected chi connectivity index (χ0v) is 9.88. The van der Waals surface area contributed by atoms with E-state index in [1.165, 1.54) is 19.3 Å². The Bertz CT molecular complexity index is 141. The van der Waals surface area contributed by atoms with Gasteiger partial charge >= 0.3 is 0 Å². The van der Waals surface area contributed by atoms with Crippen molar-refractivity contribution in [2.75, 3.05) is 19.8 Å². The Labute approximate surface area is 88.4 Å². The van der Waals surface area contributed by atoms with Crippen LogP contribution in [-0.2, 0) is 4.74 Å². The van der Waals surface area contributed by atoms with E-state index >= 15 is 0 Å². The fraction of sp³-hybridized carbons (Fsp3) is 1.00. The SMILES string of the molecule is CCC(NCCC(C)C)C1CCOC1. The van der Waals surface area contributed by atoms with Crippen LogP contribution in [0.5, 0.6) is 0 Å². The summed E-state index contributed by atoms with van der Waals surface area (Å²) in [6, 6.07) is 0.677. The van der Waals surface area contributed by atoms with Crippen molar-refractivity contribution in [2.24, 2.45) is 11.8 Å². The van der Waals surface area contributed by atoms with Crippen LogP contribution in [0, 0.1) is 11.8 Å². The molecule has 0 bridgehead atoms. The van der Waals surface area contributed by atoms with Crippen molar-refractivity contribution in [3.63, 3.8) is 0 Å². The van der Waals surface area contributed by atoms with E-state index in [0.29, 0.717) is 6.04 Å². The van der Waals surface area contributed by atoms with Gasteiger partial charge < -0.3 is 10.1 Å². The summed E-state index contributed by atoms with van der Waals surface area (Å²) in [6.07, 6.45) is 3.75. The number of rotatable bonds is 6. The summed E-state index contributed by atoms with van der Waals surface area (Å²) in [5.41, 5.74) is 0. The molecule has 14 heavy (non-hydrogen) atoms. The highest BCUT2D eigenvalue weighted by atomic mass is 16.5. The third kappa shape index (κ3) is 3.97. The molecule has 0 spiro atoms. The van der Waals surface area contributed by atoms with Crippen LogP contribution in [0.2, 0.25) is 0 Å². The molecule has 0 amide bonds. The van der Waals surface area contributed by atoms with Crippen LogP contribution in [0.1, 0.15) is 40.0 Å². The molecule has 0 aromatic carbocycles. The van der Waals surface area contributed by atoms with Crippen molar-refractivity contribution in [1.82, 2.24) is 5.32 Å². The molecular formula is C12H25NO. The highest BCUT2D eigenvalue weighted by molar-refractivity contribution is 4.78. The molecular weight excluding hydrogens is 174 g/mol. The van der Waals surface area contributed by atoms with E-state index < -0.39 is 0 Å². The second-order valence-electron chi connectivity index (χ2n) is 4.78. The van der Waals surface area contributed by atoms with Crippen molar-refractivity contribution in [3.05, 3.63) is 0 Å². The molecule has 84 valence electrons. The van der Waals surface area contributed by atoms with E-state index in [4.69, 9.17) is 4.74 Å². The molecule has 0 saturated carbocycles. The van der Waals surface area contributed by atoms with E-state index in [-0.39, 0.29) is 0 Å². The molecule has 1 aliphatic heterocycles. The van der Waals surface area contributed by atoms with Crippen LogP contribution in [0.15, 0.2) is 0 Å². The Morgan fingerprint density at radius 2 is 2.21 bits per heavy atom. The Hall–Kier alpha value is -0.0800. The molecule has 1 aliphatic rings. The molecule has 2 heteroatoms. The number of ether oxygens (including phenoxy) is 1. The van der Waals surface area contributed by atoms with Gasteiger partial charge in [-0.05, 0) is 37.6 Å². The van der Waals surface area contributed by atoms with Crippen molar-refractivity contribution in [2.45, 2.75) is 46.1 Å². The first kappa shape index (κ1) is 12.0. The zero-order valence-electron chi connectivity index (χ0n) is 9.88. The largest absolute Gasteiger partial charge is 0.381 e. The van der Waals surface area contributed by atoms with E-state index in [9.17, 15) is 0 Å².